The zero-order chi connectivity index (χ0) is 19.6. The van der Waals surface area contributed by atoms with Gasteiger partial charge in [0.05, 0.1) is 5.69 Å². The van der Waals surface area contributed by atoms with Crippen molar-refractivity contribution >= 4 is 22.7 Å². The number of phenolic OH excluding ortho intramolecular Hbond substituents is 1. The van der Waals surface area contributed by atoms with Crippen molar-refractivity contribution < 1.29 is 5.11 Å². The van der Waals surface area contributed by atoms with Crippen LogP contribution in [0.15, 0.2) is 65.7 Å². The summed E-state index contributed by atoms with van der Waals surface area (Å²) in [7, 11) is 0. The van der Waals surface area contributed by atoms with E-state index in [4.69, 9.17) is 0 Å². The van der Waals surface area contributed by atoms with E-state index < -0.39 is 0 Å². The SMILES string of the molecule is Oc1ccc2ccccc2c1C=Nc1ccc(-c2nnc3n2CCCCC3)cc1. The van der Waals surface area contributed by atoms with E-state index in [9.17, 15) is 5.11 Å². The lowest BCUT2D eigenvalue weighted by Crippen LogP contribution is -2.02. The fourth-order valence-electron chi connectivity index (χ4n) is 3.95. The number of rotatable bonds is 3. The molecule has 0 unspecified atom stereocenters. The molecule has 29 heavy (non-hydrogen) atoms. The first-order valence-electron chi connectivity index (χ1n) is 10.1. The summed E-state index contributed by atoms with van der Waals surface area (Å²) in [4.78, 5) is 4.58. The van der Waals surface area contributed by atoms with Gasteiger partial charge in [0.25, 0.3) is 0 Å². The largest absolute Gasteiger partial charge is 0.507 e. The van der Waals surface area contributed by atoms with E-state index in [0.717, 1.165) is 52.2 Å². The van der Waals surface area contributed by atoms with Crippen LogP contribution in [0.4, 0.5) is 5.69 Å². The maximum absolute atomic E-state index is 10.3. The molecule has 0 bridgehead atoms. The number of nitrogens with zero attached hydrogens (tertiary/aromatic N) is 4. The topological polar surface area (TPSA) is 63.3 Å². The first kappa shape index (κ1) is 17.6. The Morgan fingerprint density at radius 3 is 2.66 bits per heavy atom. The highest BCUT2D eigenvalue weighted by Crippen LogP contribution is 2.27. The van der Waals surface area contributed by atoms with Gasteiger partial charge in [0.15, 0.2) is 5.82 Å². The second kappa shape index (κ2) is 7.51. The van der Waals surface area contributed by atoms with Crippen molar-refractivity contribution in [3.8, 4) is 17.1 Å². The Bertz CT molecular complexity index is 1190. The van der Waals surface area contributed by atoms with Crippen LogP contribution in [0.3, 0.4) is 0 Å². The summed E-state index contributed by atoms with van der Waals surface area (Å²) in [6.45, 7) is 0.984. The molecule has 4 aromatic rings. The summed E-state index contributed by atoms with van der Waals surface area (Å²) in [6, 6.07) is 19.6. The number of aryl methyl sites for hydroxylation is 1. The number of phenols is 1. The van der Waals surface area contributed by atoms with Crippen LogP contribution in [0.1, 0.15) is 30.7 Å². The number of aromatic nitrogens is 3. The van der Waals surface area contributed by atoms with E-state index >= 15 is 0 Å². The molecule has 3 aromatic carbocycles. The van der Waals surface area contributed by atoms with Crippen LogP contribution in [0.2, 0.25) is 0 Å². The Balaban J connectivity index is 1.44. The molecule has 0 spiro atoms. The Kier molecular flexibility index (Phi) is 4.56. The Morgan fingerprint density at radius 1 is 0.897 bits per heavy atom. The summed E-state index contributed by atoms with van der Waals surface area (Å²) in [5.74, 6) is 2.25. The highest BCUT2D eigenvalue weighted by molar-refractivity contribution is 6.03. The van der Waals surface area contributed by atoms with E-state index in [1.54, 1.807) is 12.3 Å². The molecule has 1 N–H and O–H groups in total. The summed E-state index contributed by atoms with van der Waals surface area (Å²) in [5.41, 5.74) is 2.62. The average Bonchev–Trinajstić information content (AvgIpc) is 3.01. The number of fused-ring (bicyclic) bond motifs is 2. The van der Waals surface area contributed by atoms with Crippen molar-refractivity contribution in [2.24, 2.45) is 4.99 Å². The van der Waals surface area contributed by atoms with Crippen molar-refractivity contribution in [2.45, 2.75) is 32.2 Å². The number of hydrogen-bond acceptors (Lipinski definition) is 4. The smallest absolute Gasteiger partial charge is 0.163 e. The molecule has 0 fully saturated rings. The van der Waals surface area contributed by atoms with Crippen molar-refractivity contribution in [3.05, 3.63) is 72.1 Å². The summed E-state index contributed by atoms with van der Waals surface area (Å²) in [6.07, 6.45) is 6.35. The van der Waals surface area contributed by atoms with Gasteiger partial charge in [-0.15, -0.1) is 10.2 Å². The Labute approximate surface area is 169 Å². The second-order valence-electron chi connectivity index (χ2n) is 7.43. The number of aromatic hydroxyl groups is 1. The van der Waals surface area contributed by atoms with Crippen molar-refractivity contribution in [3.63, 3.8) is 0 Å². The standard InChI is InChI=1S/C24H22N4O/c29-22-14-11-17-6-3-4-7-20(17)21(22)16-25-19-12-9-18(10-13-19)24-27-26-23-8-2-1-5-15-28(23)24/h3-4,6-7,9-14,16,29H,1-2,5,8,15H2. The van der Waals surface area contributed by atoms with Gasteiger partial charge < -0.3 is 9.67 Å². The highest BCUT2D eigenvalue weighted by Gasteiger charge is 2.15. The molecule has 0 saturated carbocycles. The van der Waals surface area contributed by atoms with Crippen LogP contribution in [0.25, 0.3) is 22.2 Å². The third-order valence-corrected chi connectivity index (χ3v) is 5.53. The van der Waals surface area contributed by atoms with Crippen LogP contribution in [0.5, 0.6) is 5.75 Å². The van der Waals surface area contributed by atoms with Gasteiger partial charge in [-0.1, -0.05) is 36.8 Å². The highest BCUT2D eigenvalue weighted by atomic mass is 16.3. The summed E-state index contributed by atoms with van der Waals surface area (Å²) < 4.78 is 2.25. The van der Waals surface area contributed by atoms with Gasteiger partial charge in [0, 0.05) is 30.3 Å². The van der Waals surface area contributed by atoms with Crippen LogP contribution < -0.4 is 0 Å². The van der Waals surface area contributed by atoms with Gasteiger partial charge >= 0.3 is 0 Å². The molecule has 0 radical (unpaired) electrons. The predicted octanol–water partition coefficient (Wildman–Crippen LogP) is 5.28. The maximum atomic E-state index is 10.3. The van der Waals surface area contributed by atoms with Crippen LogP contribution in [0, 0.1) is 0 Å². The third-order valence-electron chi connectivity index (χ3n) is 5.53. The summed E-state index contributed by atoms with van der Waals surface area (Å²) in [5, 5.41) is 21.2. The minimum absolute atomic E-state index is 0.232. The lowest BCUT2D eigenvalue weighted by molar-refractivity contribution is 0.475. The van der Waals surface area contributed by atoms with Crippen LogP contribution >= 0.6 is 0 Å². The quantitative estimate of drug-likeness (QED) is 0.490. The van der Waals surface area contributed by atoms with Crippen molar-refractivity contribution in [1.29, 1.82) is 0 Å². The zero-order valence-electron chi connectivity index (χ0n) is 16.1. The Hall–Kier alpha value is -3.47. The van der Waals surface area contributed by atoms with E-state index in [2.05, 4.69) is 19.8 Å². The zero-order valence-corrected chi connectivity index (χ0v) is 16.1. The molecular formula is C24H22N4O. The molecule has 1 aromatic heterocycles. The molecule has 0 saturated heterocycles. The minimum atomic E-state index is 0.232. The number of aliphatic imine (C=N–C) groups is 1. The van der Waals surface area contributed by atoms with Gasteiger partial charge in [0.1, 0.15) is 11.6 Å². The third kappa shape index (κ3) is 3.40. The van der Waals surface area contributed by atoms with E-state index in [0.29, 0.717) is 0 Å². The summed E-state index contributed by atoms with van der Waals surface area (Å²) >= 11 is 0. The van der Waals surface area contributed by atoms with Gasteiger partial charge in [-0.05, 0) is 53.9 Å². The molecule has 0 aliphatic carbocycles. The number of benzene rings is 3. The predicted molar refractivity (Wildman–Crippen MR) is 116 cm³/mol. The van der Waals surface area contributed by atoms with E-state index in [1.165, 1.54) is 19.3 Å². The van der Waals surface area contributed by atoms with Gasteiger partial charge in [-0.2, -0.15) is 0 Å². The van der Waals surface area contributed by atoms with Crippen molar-refractivity contribution in [2.75, 3.05) is 0 Å². The first-order chi connectivity index (χ1) is 14.3. The van der Waals surface area contributed by atoms with Crippen LogP contribution in [-0.4, -0.2) is 26.1 Å². The lowest BCUT2D eigenvalue weighted by atomic mass is 10.0. The molecule has 144 valence electrons. The van der Waals surface area contributed by atoms with Crippen molar-refractivity contribution in [1.82, 2.24) is 14.8 Å². The molecule has 2 heterocycles. The molecule has 0 amide bonds. The molecule has 5 rings (SSSR count). The second-order valence-corrected chi connectivity index (χ2v) is 7.43. The molecule has 1 aliphatic heterocycles. The lowest BCUT2D eigenvalue weighted by Gasteiger charge is -2.07. The van der Waals surface area contributed by atoms with Crippen LogP contribution in [-0.2, 0) is 13.0 Å². The molecular weight excluding hydrogens is 360 g/mol. The normalized spacial score (nSPS) is 14.2. The van der Waals surface area contributed by atoms with Gasteiger partial charge in [-0.3, -0.25) is 4.99 Å². The fourth-order valence-corrected chi connectivity index (χ4v) is 3.95. The molecule has 5 nitrogen and oxygen atoms in total. The molecule has 0 atom stereocenters. The Morgan fingerprint density at radius 2 is 1.76 bits per heavy atom. The minimum Gasteiger partial charge on any atom is -0.507 e. The molecule has 1 aliphatic rings. The average molecular weight is 382 g/mol. The monoisotopic (exact) mass is 382 g/mol. The van der Waals surface area contributed by atoms with Gasteiger partial charge in [0.2, 0.25) is 0 Å². The maximum Gasteiger partial charge on any atom is 0.163 e. The molecule has 5 heteroatoms. The first-order valence-corrected chi connectivity index (χ1v) is 10.1. The van der Waals surface area contributed by atoms with Gasteiger partial charge in [-0.25, -0.2) is 0 Å². The van der Waals surface area contributed by atoms with E-state index in [-0.39, 0.29) is 5.75 Å². The fraction of sp³-hybridized carbons (Fsp3) is 0.208. The van der Waals surface area contributed by atoms with E-state index in [1.807, 2.05) is 54.6 Å². The number of hydrogen-bond donors (Lipinski definition) is 1.